The molecule has 1 aliphatic rings. The van der Waals surface area contributed by atoms with Gasteiger partial charge in [0.25, 0.3) is 0 Å². The van der Waals surface area contributed by atoms with Crippen molar-refractivity contribution in [2.24, 2.45) is 0 Å². The highest BCUT2D eigenvalue weighted by atomic mass is 19.4. The fraction of sp³-hybridized carbons (Fsp3) is 0.545. The third kappa shape index (κ3) is 3.49. The topological polar surface area (TPSA) is 75.5 Å². The number of nitrogens with zero attached hydrogens (tertiary/aromatic N) is 3. The third-order valence-corrected chi connectivity index (χ3v) is 2.93. The van der Waals surface area contributed by atoms with Crippen LogP contribution in [-0.2, 0) is 6.18 Å². The van der Waals surface area contributed by atoms with E-state index in [9.17, 15) is 18.0 Å². The monoisotopic (exact) mass is 291 g/mol. The van der Waals surface area contributed by atoms with Crippen LogP contribution in [-0.4, -0.2) is 45.3 Å². The lowest BCUT2D eigenvalue weighted by Crippen LogP contribution is -2.41. The summed E-state index contributed by atoms with van der Waals surface area (Å²) in [4.78, 5) is 18.7. The number of ether oxygens (including phenoxy) is 1. The van der Waals surface area contributed by atoms with Crippen LogP contribution in [0.3, 0.4) is 0 Å². The predicted octanol–water partition coefficient (Wildman–Crippen LogP) is 2.02. The SMILES string of the molecule is O=C(O)N1CCC(Oc2cc(C(F)(F)F)ncn2)CC1. The molecule has 1 N–H and O–H groups in total. The highest BCUT2D eigenvalue weighted by molar-refractivity contribution is 5.65. The van der Waals surface area contributed by atoms with E-state index in [0.717, 1.165) is 12.4 Å². The molecule has 2 rings (SSSR count). The van der Waals surface area contributed by atoms with Gasteiger partial charge in [0.2, 0.25) is 5.88 Å². The first-order valence-electron chi connectivity index (χ1n) is 5.90. The molecule has 6 nitrogen and oxygen atoms in total. The van der Waals surface area contributed by atoms with Crippen LogP contribution in [0.15, 0.2) is 12.4 Å². The standard InChI is InChI=1S/C11H12F3N3O3/c12-11(13,14)8-5-9(16-6-15-8)20-7-1-3-17(4-2-7)10(18)19/h5-7H,1-4H2,(H,18,19). The minimum atomic E-state index is -4.55. The van der Waals surface area contributed by atoms with Crippen molar-refractivity contribution in [3.63, 3.8) is 0 Å². The summed E-state index contributed by atoms with van der Waals surface area (Å²) in [5.74, 6) is -0.152. The second kappa shape index (κ2) is 5.51. The lowest BCUT2D eigenvalue weighted by atomic mass is 10.1. The Kier molecular flexibility index (Phi) is 3.96. The molecule has 0 aromatic carbocycles. The number of carboxylic acid groups (broad SMARTS) is 1. The lowest BCUT2D eigenvalue weighted by Gasteiger charge is -2.29. The van der Waals surface area contributed by atoms with Gasteiger partial charge in [-0.05, 0) is 0 Å². The zero-order valence-electron chi connectivity index (χ0n) is 10.3. The van der Waals surface area contributed by atoms with E-state index in [1.807, 2.05) is 0 Å². The molecule has 0 saturated carbocycles. The molecule has 0 atom stereocenters. The normalized spacial score (nSPS) is 17.1. The molecule has 1 aromatic rings. The number of rotatable bonds is 2. The Bertz CT molecular complexity index is 487. The molecule has 9 heteroatoms. The van der Waals surface area contributed by atoms with Crippen molar-refractivity contribution in [1.82, 2.24) is 14.9 Å². The maximum atomic E-state index is 12.5. The lowest BCUT2D eigenvalue weighted by molar-refractivity contribution is -0.141. The summed E-state index contributed by atoms with van der Waals surface area (Å²) in [6.45, 7) is 0.578. The van der Waals surface area contributed by atoms with Gasteiger partial charge in [0, 0.05) is 32.0 Å². The van der Waals surface area contributed by atoms with Crippen molar-refractivity contribution in [1.29, 1.82) is 0 Å². The summed E-state index contributed by atoms with van der Waals surface area (Å²) in [5, 5.41) is 8.78. The third-order valence-electron chi connectivity index (χ3n) is 2.93. The van der Waals surface area contributed by atoms with E-state index in [0.29, 0.717) is 12.8 Å². The van der Waals surface area contributed by atoms with Crippen LogP contribution in [0.2, 0.25) is 0 Å². The second-order valence-electron chi connectivity index (χ2n) is 4.33. The maximum Gasteiger partial charge on any atom is 0.433 e. The van der Waals surface area contributed by atoms with Crippen LogP contribution in [0.1, 0.15) is 18.5 Å². The Morgan fingerprint density at radius 1 is 1.35 bits per heavy atom. The molecule has 0 radical (unpaired) electrons. The molecular weight excluding hydrogens is 279 g/mol. The first-order chi connectivity index (χ1) is 9.36. The van der Waals surface area contributed by atoms with E-state index in [1.54, 1.807) is 0 Å². The highest BCUT2D eigenvalue weighted by Gasteiger charge is 2.33. The number of halogens is 3. The Morgan fingerprint density at radius 3 is 2.55 bits per heavy atom. The van der Waals surface area contributed by atoms with Gasteiger partial charge in [-0.25, -0.2) is 14.8 Å². The van der Waals surface area contributed by atoms with Gasteiger partial charge >= 0.3 is 12.3 Å². The van der Waals surface area contributed by atoms with E-state index in [2.05, 4.69) is 9.97 Å². The van der Waals surface area contributed by atoms with Gasteiger partial charge in [-0.15, -0.1) is 0 Å². The van der Waals surface area contributed by atoms with Crippen LogP contribution in [0.25, 0.3) is 0 Å². The van der Waals surface area contributed by atoms with E-state index < -0.39 is 18.0 Å². The summed E-state index contributed by atoms with van der Waals surface area (Å²) in [7, 11) is 0. The highest BCUT2D eigenvalue weighted by Crippen LogP contribution is 2.29. The van der Waals surface area contributed by atoms with E-state index in [-0.39, 0.29) is 25.1 Å². The largest absolute Gasteiger partial charge is 0.474 e. The number of amides is 1. The van der Waals surface area contributed by atoms with Gasteiger partial charge in [-0.1, -0.05) is 0 Å². The number of carbonyl (C=O) groups is 1. The molecule has 2 heterocycles. The van der Waals surface area contributed by atoms with E-state index in [1.165, 1.54) is 4.90 Å². The van der Waals surface area contributed by atoms with Crippen molar-refractivity contribution in [3.05, 3.63) is 18.1 Å². The van der Waals surface area contributed by atoms with Crippen LogP contribution >= 0.6 is 0 Å². The molecular formula is C11H12F3N3O3. The molecule has 20 heavy (non-hydrogen) atoms. The Labute approximate surface area is 112 Å². The summed E-state index contributed by atoms with van der Waals surface area (Å²) >= 11 is 0. The average Bonchev–Trinajstić information content (AvgIpc) is 2.38. The number of hydrogen-bond donors (Lipinski definition) is 1. The maximum absolute atomic E-state index is 12.5. The molecule has 1 saturated heterocycles. The smallest absolute Gasteiger partial charge is 0.433 e. The van der Waals surface area contributed by atoms with E-state index >= 15 is 0 Å². The number of aromatic nitrogens is 2. The molecule has 1 aliphatic heterocycles. The summed E-state index contributed by atoms with van der Waals surface area (Å²) in [5.41, 5.74) is -1.06. The van der Waals surface area contributed by atoms with E-state index in [4.69, 9.17) is 9.84 Å². The minimum Gasteiger partial charge on any atom is -0.474 e. The molecule has 0 aliphatic carbocycles. The van der Waals surface area contributed by atoms with Gasteiger partial charge in [0.15, 0.2) is 5.69 Å². The molecule has 0 bridgehead atoms. The van der Waals surface area contributed by atoms with Gasteiger partial charge in [-0.2, -0.15) is 13.2 Å². The molecule has 110 valence electrons. The van der Waals surface area contributed by atoms with Gasteiger partial charge < -0.3 is 14.7 Å². The van der Waals surface area contributed by atoms with Crippen LogP contribution in [0.5, 0.6) is 5.88 Å². The fourth-order valence-corrected chi connectivity index (χ4v) is 1.89. The Morgan fingerprint density at radius 2 is 2.00 bits per heavy atom. The van der Waals surface area contributed by atoms with Crippen LogP contribution < -0.4 is 4.74 Å². The molecule has 1 aromatic heterocycles. The average molecular weight is 291 g/mol. The fourth-order valence-electron chi connectivity index (χ4n) is 1.89. The summed E-state index contributed by atoms with van der Waals surface area (Å²) < 4.78 is 42.8. The zero-order chi connectivity index (χ0) is 14.8. The van der Waals surface area contributed by atoms with Gasteiger partial charge in [0.05, 0.1) is 0 Å². The van der Waals surface area contributed by atoms with Gasteiger partial charge in [0.1, 0.15) is 12.4 Å². The minimum absolute atomic E-state index is 0.152. The number of likely N-dealkylation sites (tertiary alicyclic amines) is 1. The molecule has 1 amide bonds. The molecule has 0 unspecified atom stereocenters. The van der Waals surface area contributed by atoms with Crippen molar-refractivity contribution < 1.29 is 27.8 Å². The van der Waals surface area contributed by atoms with Crippen LogP contribution in [0.4, 0.5) is 18.0 Å². The number of piperidine rings is 1. The molecule has 1 fully saturated rings. The number of hydrogen-bond acceptors (Lipinski definition) is 4. The van der Waals surface area contributed by atoms with Crippen LogP contribution in [0, 0.1) is 0 Å². The Hall–Kier alpha value is -2.06. The van der Waals surface area contributed by atoms with Crippen molar-refractivity contribution in [2.45, 2.75) is 25.1 Å². The predicted molar refractivity (Wildman–Crippen MR) is 60.3 cm³/mol. The van der Waals surface area contributed by atoms with Crippen molar-refractivity contribution in [2.75, 3.05) is 13.1 Å². The van der Waals surface area contributed by atoms with Crippen molar-refractivity contribution in [3.8, 4) is 5.88 Å². The number of alkyl halides is 3. The Balaban J connectivity index is 1.96. The van der Waals surface area contributed by atoms with Crippen molar-refractivity contribution >= 4 is 6.09 Å². The second-order valence-corrected chi connectivity index (χ2v) is 4.33. The summed E-state index contributed by atoms with van der Waals surface area (Å²) in [6.07, 6.45) is -4.28. The first kappa shape index (κ1) is 14.4. The first-order valence-corrected chi connectivity index (χ1v) is 5.90. The van der Waals surface area contributed by atoms with Gasteiger partial charge in [-0.3, -0.25) is 0 Å². The zero-order valence-corrected chi connectivity index (χ0v) is 10.3. The summed E-state index contributed by atoms with van der Waals surface area (Å²) in [6, 6.07) is 0.740. The molecule has 0 spiro atoms. The quantitative estimate of drug-likeness (QED) is 0.902.